The van der Waals surface area contributed by atoms with Crippen molar-refractivity contribution in [1.29, 1.82) is 0 Å². The van der Waals surface area contributed by atoms with E-state index in [1.165, 1.54) is 12.1 Å². The molecule has 0 heterocycles. The number of anilines is 1. The summed E-state index contributed by atoms with van der Waals surface area (Å²) < 4.78 is 0.986. The predicted molar refractivity (Wildman–Crippen MR) is 90.4 cm³/mol. The van der Waals surface area contributed by atoms with Crippen molar-refractivity contribution in [3.8, 4) is 0 Å². The Morgan fingerprint density at radius 1 is 1.05 bits per heavy atom. The molecule has 0 aromatic heterocycles. The molecule has 0 spiro atoms. The SMILES string of the molecule is CCN(CC)CCCN(CC)c1ccc(CO)c(Br)c1. The van der Waals surface area contributed by atoms with E-state index in [2.05, 4.69) is 58.6 Å². The van der Waals surface area contributed by atoms with Gasteiger partial charge < -0.3 is 14.9 Å². The lowest BCUT2D eigenvalue weighted by atomic mass is 10.2. The molecule has 0 aliphatic rings. The monoisotopic (exact) mass is 342 g/mol. The van der Waals surface area contributed by atoms with Crippen LogP contribution in [0.5, 0.6) is 0 Å². The van der Waals surface area contributed by atoms with Gasteiger partial charge in [-0.05, 0) is 50.7 Å². The fourth-order valence-electron chi connectivity index (χ4n) is 2.36. The highest BCUT2D eigenvalue weighted by Gasteiger charge is 2.08. The molecule has 1 rings (SSSR count). The van der Waals surface area contributed by atoms with Crippen LogP contribution in [0.25, 0.3) is 0 Å². The van der Waals surface area contributed by atoms with E-state index in [-0.39, 0.29) is 6.61 Å². The molecule has 0 saturated carbocycles. The van der Waals surface area contributed by atoms with E-state index in [9.17, 15) is 5.11 Å². The van der Waals surface area contributed by atoms with Crippen molar-refractivity contribution in [2.24, 2.45) is 0 Å². The van der Waals surface area contributed by atoms with E-state index in [1.54, 1.807) is 0 Å². The third-order valence-corrected chi connectivity index (χ3v) is 4.49. The lowest BCUT2D eigenvalue weighted by Gasteiger charge is -2.25. The molecular weight excluding hydrogens is 316 g/mol. The molecular formula is C16H27BrN2O. The van der Waals surface area contributed by atoms with Gasteiger partial charge in [0, 0.05) is 23.2 Å². The smallest absolute Gasteiger partial charge is 0.0692 e. The van der Waals surface area contributed by atoms with Gasteiger partial charge in [0.1, 0.15) is 0 Å². The molecule has 0 unspecified atom stereocenters. The second-order valence-corrected chi connectivity index (χ2v) is 5.75. The van der Waals surface area contributed by atoms with Crippen molar-refractivity contribution < 1.29 is 5.11 Å². The van der Waals surface area contributed by atoms with E-state index in [0.29, 0.717) is 0 Å². The minimum Gasteiger partial charge on any atom is -0.392 e. The van der Waals surface area contributed by atoms with Crippen LogP contribution in [-0.2, 0) is 6.61 Å². The van der Waals surface area contributed by atoms with Crippen LogP contribution in [0.1, 0.15) is 32.8 Å². The Balaban J connectivity index is 2.59. The van der Waals surface area contributed by atoms with Gasteiger partial charge in [0.05, 0.1) is 6.61 Å². The second kappa shape index (κ2) is 9.37. The van der Waals surface area contributed by atoms with Crippen LogP contribution >= 0.6 is 15.9 Å². The van der Waals surface area contributed by atoms with Crippen LogP contribution in [0.3, 0.4) is 0 Å². The molecule has 4 heteroatoms. The van der Waals surface area contributed by atoms with Gasteiger partial charge in [-0.2, -0.15) is 0 Å². The van der Waals surface area contributed by atoms with Crippen molar-refractivity contribution in [3.05, 3.63) is 28.2 Å². The standard InChI is InChI=1S/C16H27BrN2O/c1-4-18(5-2)10-7-11-19(6-3)15-9-8-14(13-20)16(17)12-15/h8-9,12,20H,4-7,10-11,13H2,1-3H3. The number of aliphatic hydroxyl groups excluding tert-OH is 1. The van der Waals surface area contributed by atoms with E-state index < -0.39 is 0 Å². The molecule has 20 heavy (non-hydrogen) atoms. The van der Waals surface area contributed by atoms with Crippen LogP contribution in [0.15, 0.2) is 22.7 Å². The Morgan fingerprint density at radius 3 is 2.25 bits per heavy atom. The molecule has 0 atom stereocenters. The number of hydrogen-bond donors (Lipinski definition) is 1. The fourth-order valence-corrected chi connectivity index (χ4v) is 2.85. The minimum atomic E-state index is 0.0783. The average molecular weight is 343 g/mol. The molecule has 1 aromatic rings. The Bertz CT molecular complexity index is 394. The van der Waals surface area contributed by atoms with Gasteiger partial charge in [-0.1, -0.05) is 35.8 Å². The van der Waals surface area contributed by atoms with E-state index in [0.717, 1.165) is 42.8 Å². The highest BCUT2D eigenvalue weighted by Crippen LogP contribution is 2.24. The highest BCUT2D eigenvalue weighted by atomic mass is 79.9. The third-order valence-electron chi connectivity index (χ3n) is 3.75. The van der Waals surface area contributed by atoms with Gasteiger partial charge >= 0.3 is 0 Å². The van der Waals surface area contributed by atoms with Crippen molar-refractivity contribution >= 4 is 21.6 Å². The van der Waals surface area contributed by atoms with Gasteiger partial charge in [-0.3, -0.25) is 0 Å². The summed E-state index contributed by atoms with van der Waals surface area (Å²) in [4.78, 5) is 4.84. The number of aliphatic hydroxyl groups is 1. The van der Waals surface area contributed by atoms with E-state index in [4.69, 9.17) is 0 Å². The maximum Gasteiger partial charge on any atom is 0.0692 e. The quantitative estimate of drug-likeness (QED) is 0.743. The molecule has 3 nitrogen and oxygen atoms in total. The van der Waals surface area contributed by atoms with Crippen LogP contribution in [0.4, 0.5) is 5.69 Å². The summed E-state index contributed by atoms with van der Waals surface area (Å²) in [6.07, 6.45) is 1.18. The molecule has 1 N–H and O–H groups in total. The summed E-state index contributed by atoms with van der Waals surface area (Å²) in [7, 11) is 0. The minimum absolute atomic E-state index is 0.0783. The summed E-state index contributed by atoms with van der Waals surface area (Å²) in [5.74, 6) is 0. The summed E-state index contributed by atoms with van der Waals surface area (Å²) in [5, 5.41) is 9.21. The zero-order chi connectivity index (χ0) is 15.0. The maximum absolute atomic E-state index is 9.21. The first-order chi connectivity index (χ1) is 9.65. The molecule has 1 aromatic carbocycles. The Morgan fingerprint density at radius 2 is 1.75 bits per heavy atom. The largest absolute Gasteiger partial charge is 0.392 e. The van der Waals surface area contributed by atoms with Crippen molar-refractivity contribution in [3.63, 3.8) is 0 Å². The molecule has 0 aliphatic heterocycles. The molecule has 0 amide bonds. The van der Waals surface area contributed by atoms with Gasteiger partial charge in [0.15, 0.2) is 0 Å². The van der Waals surface area contributed by atoms with Crippen molar-refractivity contribution in [1.82, 2.24) is 4.90 Å². The van der Waals surface area contributed by atoms with Crippen molar-refractivity contribution in [2.75, 3.05) is 37.6 Å². The predicted octanol–water partition coefficient (Wildman–Crippen LogP) is 3.50. The number of halogens is 1. The lowest BCUT2D eigenvalue weighted by molar-refractivity contribution is 0.281. The van der Waals surface area contributed by atoms with Gasteiger partial charge in [-0.25, -0.2) is 0 Å². The first kappa shape index (κ1) is 17.5. The summed E-state index contributed by atoms with van der Waals surface area (Å²) >= 11 is 3.52. The molecule has 114 valence electrons. The first-order valence-electron chi connectivity index (χ1n) is 7.52. The Labute approximate surface area is 131 Å². The number of nitrogens with zero attached hydrogens (tertiary/aromatic N) is 2. The molecule has 0 bridgehead atoms. The lowest BCUT2D eigenvalue weighted by Crippen LogP contribution is -2.30. The van der Waals surface area contributed by atoms with E-state index in [1.807, 2.05) is 6.07 Å². The summed E-state index contributed by atoms with van der Waals surface area (Å²) in [5.41, 5.74) is 2.16. The van der Waals surface area contributed by atoms with Crippen molar-refractivity contribution in [2.45, 2.75) is 33.8 Å². The van der Waals surface area contributed by atoms with Gasteiger partial charge in [0.25, 0.3) is 0 Å². The topological polar surface area (TPSA) is 26.7 Å². The van der Waals surface area contributed by atoms with Crippen LogP contribution < -0.4 is 4.90 Å². The summed E-state index contributed by atoms with van der Waals surface area (Å²) in [6.45, 7) is 12.2. The zero-order valence-electron chi connectivity index (χ0n) is 12.9. The average Bonchev–Trinajstić information content (AvgIpc) is 2.47. The highest BCUT2D eigenvalue weighted by molar-refractivity contribution is 9.10. The maximum atomic E-state index is 9.21. The number of benzene rings is 1. The third kappa shape index (κ3) is 5.08. The second-order valence-electron chi connectivity index (χ2n) is 4.89. The van der Waals surface area contributed by atoms with Crippen LogP contribution in [0, 0.1) is 0 Å². The first-order valence-corrected chi connectivity index (χ1v) is 8.32. The molecule has 0 fully saturated rings. The van der Waals surface area contributed by atoms with E-state index >= 15 is 0 Å². The van der Waals surface area contributed by atoms with Gasteiger partial charge in [0.2, 0.25) is 0 Å². The molecule has 0 aliphatic carbocycles. The Kier molecular flexibility index (Phi) is 8.19. The fraction of sp³-hybridized carbons (Fsp3) is 0.625. The molecule has 0 radical (unpaired) electrons. The normalized spacial score (nSPS) is 11.1. The summed E-state index contributed by atoms with van der Waals surface area (Å²) in [6, 6.07) is 6.19. The number of hydrogen-bond acceptors (Lipinski definition) is 3. The van der Waals surface area contributed by atoms with Crippen LogP contribution in [0.2, 0.25) is 0 Å². The van der Waals surface area contributed by atoms with Gasteiger partial charge in [-0.15, -0.1) is 0 Å². The zero-order valence-corrected chi connectivity index (χ0v) is 14.5. The number of rotatable bonds is 9. The Hall–Kier alpha value is -0.580. The van der Waals surface area contributed by atoms with Crippen LogP contribution in [-0.4, -0.2) is 42.7 Å². The molecule has 0 saturated heterocycles.